The van der Waals surface area contributed by atoms with E-state index in [0.717, 1.165) is 28.8 Å². The van der Waals surface area contributed by atoms with Gasteiger partial charge in [0, 0.05) is 18.1 Å². The number of hydrogen-bond acceptors (Lipinski definition) is 2. The monoisotopic (exact) mass is 332 g/mol. The molecular formula is C17H21BrN2. The number of halogens is 1. The van der Waals surface area contributed by atoms with Gasteiger partial charge >= 0.3 is 0 Å². The van der Waals surface area contributed by atoms with Gasteiger partial charge in [0.15, 0.2) is 0 Å². The lowest BCUT2D eigenvalue weighted by molar-refractivity contribution is 0.905. The van der Waals surface area contributed by atoms with E-state index in [1.807, 2.05) is 18.2 Å². The maximum absolute atomic E-state index is 6.07. The highest BCUT2D eigenvalue weighted by molar-refractivity contribution is 9.10. The molecule has 0 aliphatic carbocycles. The molecule has 20 heavy (non-hydrogen) atoms. The molecule has 0 unspecified atom stereocenters. The lowest BCUT2D eigenvalue weighted by Crippen LogP contribution is -2.17. The molecule has 0 aliphatic rings. The van der Waals surface area contributed by atoms with E-state index in [2.05, 4.69) is 59.1 Å². The van der Waals surface area contributed by atoms with E-state index in [1.54, 1.807) is 0 Å². The van der Waals surface area contributed by atoms with Crippen LogP contribution in [0.4, 0.5) is 11.4 Å². The van der Waals surface area contributed by atoms with Gasteiger partial charge in [-0.2, -0.15) is 0 Å². The van der Waals surface area contributed by atoms with Gasteiger partial charge in [-0.15, -0.1) is 0 Å². The number of nitrogen functional groups attached to an aromatic ring is 1. The second-order valence-corrected chi connectivity index (χ2v) is 6.04. The average molecular weight is 333 g/mol. The van der Waals surface area contributed by atoms with Crippen LogP contribution in [0.5, 0.6) is 0 Å². The molecule has 2 rings (SSSR count). The van der Waals surface area contributed by atoms with Crippen molar-refractivity contribution in [3.63, 3.8) is 0 Å². The van der Waals surface area contributed by atoms with Crippen LogP contribution >= 0.6 is 15.9 Å². The van der Waals surface area contributed by atoms with E-state index >= 15 is 0 Å². The van der Waals surface area contributed by atoms with E-state index in [-0.39, 0.29) is 0 Å². The van der Waals surface area contributed by atoms with Gasteiger partial charge in [0.2, 0.25) is 0 Å². The molecule has 2 nitrogen and oxygen atoms in total. The maximum atomic E-state index is 6.07. The molecule has 0 spiro atoms. The first-order valence-corrected chi connectivity index (χ1v) is 7.73. The van der Waals surface area contributed by atoms with Crippen LogP contribution in [0.1, 0.15) is 24.5 Å². The summed E-state index contributed by atoms with van der Waals surface area (Å²) in [5.74, 6) is 0. The predicted octanol–water partition coefficient (Wildman–Crippen LogP) is 4.62. The van der Waals surface area contributed by atoms with Crippen LogP contribution in [0, 0.1) is 0 Å². The van der Waals surface area contributed by atoms with Crippen molar-refractivity contribution in [1.82, 2.24) is 0 Å². The molecule has 0 heterocycles. The Morgan fingerprint density at radius 1 is 1.05 bits per heavy atom. The first-order chi connectivity index (χ1) is 9.60. The van der Waals surface area contributed by atoms with Crippen LogP contribution in [-0.2, 0) is 13.0 Å². The van der Waals surface area contributed by atoms with Crippen LogP contribution in [0.15, 0.2) is 46.9 Å². The number of anilines is 2. The largest absolute Gasteiger partial charge is 0.397 e. The number of rotatable bonds is 5. The normalized spacial score (nSPS) is 10.6. The Morgan fingerprint density at radius 2 is 1.70 bits per heavy atom. The molecule has 106 valence electrons. The van der Waals surface area contributed by atoms with E-state index < -0.39 is 0 Å². The second-order valence-electron chi connectivity index (χ2n) is 5.13. The number of nitrogens with zero attached hydrogens (tertiary/aromatic N) is 1. The number of hydrogen-bond donors (Lipinski definition) is 1. The highest BCUT2D eigenvalue weighted by Gasteiger charge is 2.06. The van der Waals surface area contributed by atoms with Crippen molar-refractivity contribution in [3.8, 4) is 0 Å². The zero-order chi connectivity index (χ0) is 14.5. The zero-order valence-corrected chi connectivity index (χ0v) is 13.7. The molecule has 0 amide bonds. The molecule has 2 N–H and O–H groups in total. The van der Waals surface area contributed by atoms with Crippen molar-refractivity contribution in [1.29, 1.82) is 0 Å². The smallest absolute Gasteiger partial charge is 0.0601 e. The summed E-state index contributed by atoms with van der Waals surface area (Å²) in [5.41, 5.74) is 10.6. The van der Waals surface area contributed by atoms with E-state index in [9.17, 15) is 0 Å². The molecule has 2 aromatic rings. The lowest BCUT2D eigenvalue weighted by atomic mass is 10.1. The summed E-state index contributed by atoms with van der Waals surface area (Å²) in [6.45, 7) is 3.07. The van der Waals surface area contributed by atoms with Gasteiger partial charge < -0.3 is 10.6 Å². The Kier molecular flexibility index (Phi) is 5.07. The van der Waals surface area contributed by atoms with Crippen LogP contribution in [-0.4, -0.2) is 7.05 Å². The summed E-state index contributed by atoms with van der Waals surface area (Å²) in [6, 6.07) is 14.9. The Hall–Kier alpha value is -1.48. The van der Waals surface area contributed by atoms with Gasteiger partial charge in [0.25, 0.3) is 0 Å². The Bertz CT molecular complexity index is 564. The molecule has 0 radical (unpaired) electrons. The molecule has 2 aromatic carbocycles. The fourth-order valence-corrected chi connectivity index (χ4v) is 2.71. The van der Waals surface area contributed by atoms with Crippen LogP contribution in [0.2, 0.25) is 0 Å². The topological polar surface area (TPSA) is 29.3 Å². The molecule has 0 fully saturated rings. The average Bonchev–Trinajstić information content (AvgIpc) is 2.41. The molecule has 0 aromatic heterocycles. The van der Waals surface area contributed by atoms with Gasteiger partial charge in [-0.05, 0) is 35.7 Å². The van der Waals surface area contributed by atoms with Crippen molar-refractivity contribution in [2.75, 3.05) is 17.7 Å². The quantitative estimate of drug-likeness (QED) is 0.809. The molecule has 0 bridgehead atoms. The Labute approximate surface area is 129 Å². The van der Waals surface area contributed by atoms with E-state index in [0.29, 0.717) is 0 Å². The van der Waals surface area contributed by atoms with Crippen molar-refractivity contribution < 1.29 is 0 Å². The summed E-state index contributed by atoms with van der Waals surface area (Å²) >= 11 is 3.44. The second kappa shape index (κ2) is 6.80. The van der Waals surface area contributed by atoms with Crippen molar-refractivity contribution in [2.24, 2.45) is 0 Å². The lowest BCUT2D eigenvalue weighted by Gasteiger charge is -2.21. The molecule has 3 heteroatoms. The van der Waals surface area contributed by atoms with Gasteiger partial charge in [-0.3, -0.25) is 0 Å². The standard InChI is InChI=1S/C17H21BrN2/c1-3-4-13-5-7-14(8-6-13)12-20(2)17-10-9-15(18)11-16(17)19/h5-11H,3-4,12,19H2,1-2H3. The van der Waals surface area contributed by atoms with Gasteiger partial charge in [-0.25, -0.2) is 0 Å². The van der Waals surface area contributed by atoms with E-state index in [1.165, 1.54) is 17.5 Å². The van der Waals surface area contributed by atoms with Crippen molar-refractivity contribution in [2.45, 2.75) is 26.3 Å². The molecule has 0 saturated carbocycles. The molecule has 0 saturated heterocycles. The fourth-order valence-electron chi connectivity index (χ4n) is 2.33. The van der Waals surface area contributed by atoms with E-state index in [4.69, 9.17) is 5.73 Å². The first-order valence-electron chi connectivity index (χ1n) is 6.94. The SMILES string of the molecule is CCCc1ccc(CN(C)c2ccc(Br)cc2N)cc1. The van der Waals surface area contributed by atoms with Crippen LogP contribution < -0.4 is 10.6 Å². The van der Waals surface area contributed by atoms with Gasteiger partial charge in [0.05, 0.1) is 11.4 Å². The molecular weight excluding hydrogens is 312 g/mol. The Morgan fingerprint density at radius 3 is 2.30 bits per heavy atom. The van der Waals surface area contributed by atoms with Crippen molar-refractivity contribution >= 4 is 27.3 Å². The third kappa shape index (κ3) is 3.76. The summed E-state index contributed by atoms with van der Waals surface area (Å²) in [5, 5.41) is 0. The maximum Gasteiger partial charge on any atom is 0.0601 e. The number of benzene rings is 2. The molecule has 0 atom stereocenters. The molecule has 0 aliphatic heterocycles. The van der Waals surface area contributed by atoms with Gasteiger partial charge in [-0.1, -0.05) is 53.5 Å². The van der Waals surface area contributed by atoms with Gasteiger partial charge in [0.1, 0.15) is 0 Å². The fraction of sp³-hybridized carbons (Fsp3) is 0.294. The first kappa shape index (κ1) is 14.9. The highest BCUT2D eigenvalue weighted by atomic mass is 79.9. The number of aryl methyl sites for hydroxylation is 1. The minimum Gasteiger partial charge on any atom is -0.397 e. The summed E-state index contributed by atoms with van der Waals surface area (Å²) in [4.78, 5) is 2.18. The minimum absolute atomic E-state index is 0.796. The zero-order valence-electron chi connectivity index (χ0n) is 12.1. The third-order valence-electron chi connectivity index (χ3n) is 3.38. The Balaban J connectivity index is 2.08. The summed E-state index contributed by atoms with van der Waals surface area (Å²) in [6.07, 6.45) is 2.34. The summed E-state index contributed by atoms with van der Waals surface area (Å²) < 4.78 is 1.01. The van der Waals surface area contributed by atoms with Crippen LogP contribution in [0.3, 0.4) is 0 Å². The van der Waals surface area contributed by atoms with Crippen molar-refractivity contribution in [3.05, 3.63) is 58.1 Å². The minimum atomic E-state index is 0.796. The third-order valence-corrected chi connectivity index (χ3v) is 3.88. The number of nitrogens with two attached hydrogens (primary N) is 1. The summed E-state index contributed by atoms with van der Waals surface area (Å²) in [7, 11) is 2.07. The predicted molar refractivity (Wildman–Crippen MR) is 91.1 cm³/mol. The highest BCUT2D eigenvalue weighted by Crippen LogP contribution is 2.27. The van der Waals surface area contributed by atoms with Crippen LogP contribution in [0.25, 0.3) is 0 Å².